The highest BCUT2D eigenvalue weighted by Gasteiger charge is 2.27. The number of hydrogen-bond donors (Lipinski definition) is 1. The van der Waals surface area contributed by atoms with Gasteiger partial charge in [0.25, 0.3) is 0 Å². The number of nitrogens with zero attached hydrogens (tertiary/aromatic N) is 1. The lowest BCUT2D eigenvalue weighted by Gasteiger charge is -2.39. The fraction of sp³-hybridized carbons (Fsp3) is 0.647. The fourth-order valence-electron chi connectivity index (χ4n) is 3.01. The molecule has 108 valence electrons. The van der Waals surface area contributed by atoms with Crippen molar-refractivity contribution in [3.63, 3.8) is 0 Å². The first-order valence-electron chi connectivity index (χ1n) is 7.67. The van der Waals surface area contributed by atoms with Gasteiger partial charge in [0.15, 0.2) is 0 Å². The van der Waals surface area contributed by atoms with Crippen LogP contribution in [0.25, 0.3) is 0 Å². The second-order valence-corrected chi connectivity index (χ2v) is 5.24. The monoisotopic (exact) mass is 262 g/mol. The molecule has 0 aliphatic rings. The van der Waals surface area contributed by atoms with Crippen LogP contribution in [0.1, 0.15) is 52.1 Å². The Kier molecular flexibility index (Phi) is 7.11. The van der Waals surface area contributed by atoms with Gasteiger partial charge in [0.2, 0.25) is 0 Å². The van der Waals surface area contributed by atoms with Gasteiger partial charge in [-0.2, -0.15) is 0 Å². The van der Waals surface area contributed by atoms with Gasteiger partial charge in [0.1, 0.15) is 0 Å². The summed E-state index contributed by atoms with van der Waals surface area (Å²) in [6, 6.07) is 12.4. The van der Waals surface area contributed by atoms with Crippen molar-refractivity contribution in [1.29, 1.82) is 0 Å². The van der Waals surface area contributed by atoms with Gasteiger partial charge in [-0.1, -0.05) is 51.1 Å². The van der Waals surface area contributed by atoms with Gasteiger partial charge >= 0.3 is 0 Å². The maximum Gasteiger partial charge on any atom is 0.0475 e. The number of rotatable bonds is 8. The molecule has 1 aromatic rings. The molecule has 0 radical (unpaired) electrons. The van der Waals surface area contributed by atoms with Crippen LogP contribution in [0.3, 0.4) is 0 Å². The Hall–Kier alpha value is -0.860. The molecule has 0 heterocycles. The van der Waals surface area contributed by atoms with Crippen molar-refractivity contribution in [3.8, 4) is 0 Å². The van der Waals surface area contributed by atoms with Crippen LogP contribution in [-0.4, -0.2) is 30.6 Å². The van der Waals surface area contributed by atoms with E-state index in [0.717, 1.165) is 6.54 Å². The second kappa shape index (κ2) is 8.34. The number of likely N-dealkylation sites (N-methyl/N-ethyl adjacent to an activating group) is 2. The summed E-state index contributed by atoms with van der Waals surface area (Å²) in [5, 5.41) is 3.52. The molecular formula is C17H30N2. The van der Waals surface area contributed by atoms with Gasteiger partial charge < -0.3 is 5.32 Å². The van der Waals surface area contributed by atoms with Crippen LogP contribution in [0.15, 0.2) is 30.3 Å². The molecule has 0 bridgehead atoms. The maximum absolute atomic E-state index is 3.52. The highest BCUT2D eigenvalue weighted by atomic mass is 15.2. The minimum atomic E-state index is 0.403. The Morgan fingerprint density at radius 3 is 2.11 bits per heavy atom. The van der Waals surface area contributed by atoms with E-state index in [9.17, 15) is 0 Å². The third kappa shape index (κ3) is 4.05. The fourth-order valence-corrected chi connectivity index (χ4v) is 3.01. The quantitative estimate of drug-likeness (QED) is 0.765. The Labute approximate surface area is 119 Å². The summed E-state index contributed by atoms with van der Waals surface area (Å²) < 4.78 is 0. The third-order valence-electron chi connectivity index (χ3n) is 4.22. The number of nitrogens with one attached hydrogen (secondary N) is 1. The average molecular weight is 262 g/mol. The van der Waals surface area contributed by atoms with Crippen LogP contribution in [0.2, 0.25) is 0 Å². The molecule has 0 aliphatic heterocycles. The Bertz CT molecular complexity index is 336. The lowest BCUT2D eigenvalue weighted by atomic mass is 9.94. The molecule has 2 heteroatoms. The molecule has 0 saturated carbocycles. The smallest absolute Gasteiger partial charge is 0.0475 e. The zero-order valence-electron chi connectivity index (χ0n) is 13.2. The number of benzene rings is 1. The molecule has 0 saturated heterocycles. The van der Waals surface area contributed by atoms with E-state index in [1.54, 1.807) is 0 Å². The Morgan fingerprint density at radius 2 is 1.68 bits per heavy atom. The van der Waals surface area contributed by atoms with Gasteiger partial charge in [-0.05, 0) is 38.9 Å². The Morgan fingerprint density at radius 1 is 1.05 bits per heavy atom. The predicted octanol–water partition coefficient (Wildman–Crippen LogP) is 3.85. The van der Waals surface area contributed by atoms with Crippen LogP contribution in [0, 0.1) is 0 Å². The summed E-state index contributed by atoms with van der Waals surface area (Å²) in [5.74, 6) is 0. The van der Waals surface area contributed by atoms with E-state index in [1.807, 2.05) is 0 Å². The van der Waals surface area contributed by atoms with Gasteiger partial charge in [-0.25, -0.2) is 0 Å². The number of hydrogen-bond acceptors (Lipinski definition) is 2. The van der Waals surface area contributed by atoms with E-state index in [2.05, 4.69) is 75.3 Å². The molecule has 0 aromatic heterocycles. The standard InChI is InChI=1S/C17H30N2/c1-6-14(4)19(8-3)16(7-2)17(18-5)15-12-10-9-11-13-15/h9-14,16-18H,6-8H2,1-5H3. The van der Waals surface area contributed by atoms with Crippen LogP contribution in [0.4, 0.5) is 0 Å². The topological polar surface area (TPSA) is 15.3 Å². The zero-order chi connectivity index (χ0) is 14.3. The molecule has 19 heavy (non-hydrogen) atoms. The lowest BCUT2D eigenvalue weighted by Crippen LogP contribution is -2.47. The largest absolute Gasteiger partial charge is 0.312 e. The molecule has 0 amide bonds. The molecule has 0 fully saturated rings. The molecule has 0 aliphatic carbocycles. The minimum absolute atomic E-state index is 0.403. The lowest BCUT2D eigenvalue weighted by molar-refractivity contribution is 0.114. The summed E-state index contributed by atoms with van der Waals surface area (Å²) in [7, 11) is 2.07. The average Bonchev–Trinajstić information content (AvgIpc) is 2.47. The van der Waals surface area contributed by atoms with Crippen LogP contribution < -0.4 is 5.32 Å². The molecule has 3 unspecified atom stereocenters. The zero-order valence-corrected chi connectivity index (χ0v) is 13.2. The van der Waals surface area contributed by atoms with Crippen LogP contribution >= 0.6 is 0 Å². The van der Waals surface area contributed by atoms with E-state index >= 15 is 0 Å². The Balaban J connectivity index is 2.98. The van der Waals surface area contributed by atoms with Gasteiger partial charge in [0.05, 0.1) is 0 Å². The van der Waals surface area contributed by atoms with E-state index in [1.165, 1.54) is 18.4 Å². The van der Waals surface area contributed by atoms with E-state index in [-0.39, 0.29) is 0 Å². The van der Waals surface area contributed by atoms with Crippen molar-refractivity contribution in [2.45, 2.75) is 58.7 Å². The highest BCUT2D eigenvalue weighted by Crippen LogP contribution is 2.25. The maximum atomic E-state index is 3.52. The molecule has 0 spiro atoms. The van der Waals surface area contributed by atoms with Crippen molar-refractivity contribution in [1.82, 2.24) is 10.2 Å². The first-order valence-corrected chi connectivity index (χ1v) is 7.67. The van der Waals surface area contributed by atoms with Crippen LogP contribution in [0.5, 0.6) is 0 Å². The molecule has 1 N–H and O–H groups in total. The highest BCUT2D eigenvalue weighted by molar-refractivity contribution is 5.20. The predicted molar refractivity (Wildman–Crippen MR) is 84.5 cm³/mol. The summed E-state index contributed by atoms with van der Waals surface area (Å²) in [5.41, 5.74) is 1.39. The van der Waals surface area contributed by atoms with Gasteiger partial charge in [0, 0.05) is 18.1 Å². The molecule has 3 atom stereocenters. The van der Waals surface area contributed by atoms with E-state index < -0.39 is 0 Å². The van der Waals surface area contributed by atoms with Crippen molar-refractivity contribution < 1.29 is 0 Å². The summed E-state index contributed by atoms with van der Waals surface area (Å²) in [6.45, 7) is 10.3. The first kappa shape index (κ1) is 16.2. The van der Waals surface area contributed by atoms with Crippen LogP contribution in [-0.2, 0) is 0 Å². The third-order valence-corrected chi connectivity index (χ3v) is 4.22. The van der Waals surface area contributed by atoms with Crippen molar-refractivity contribution in [3.05, 3.63) is 35.9 Å². The molecule has 1 rings (SSSR count). The van der Waals surface area contributed by atoms with Gasteiger partial charge in [-0.3, -0.25) is 4.90 Å². The van der Waals surface area contributed by atoms with E-state index in [4.69, 9.17) is 0 Å². The molecule has 2 nitrogen and oxygen atoms in total. The SMILES string of the molecule is CCC(C)N(CC)C(CC)C(NC)c1ccccc1. The van der Waals surface area contributed by atoms with Crippen molar-refractivity contribution >= 4 is 0 Å². The first-order chi connectivity index (χ1) is 9.19. The van der Waals surface area contributed by atoms with Crippen molar-refractivity contribution in [2.75, 3.05) is 13.6 Å². The van der Waals surface area contributed by atoms with Gasteiger partial charge in [-0.15, -0.1) is 0 Å². The molecule has 1 aromatic carbocycles. The summed E-state index contributed by atoms with van der Waals surface area (Å²) in [4.78, 5) is 2.63. The molecular weight excluding hydrogens is 232 g/mol. The second-order valence-electron chi connectivity index (χ2n) is 5.24. The normalized spacial score (nSPS) is 16.3. The summed E-state index contributed by atoms with van der Waals surface area (Å²) in [6.07, 6.45) is 2.37. The summed E-state index contributed by atoms with van der Waals surface area (Å²) >= 11 is 0. The minimum Gasteiger partial charge on any atom is -0.312 e. The van der Waals surface area contributed by atoms with E-state index in [0.29, 0.717) is 18.1 Å². The van der Waals surface area contributed by atoms with Crippen molar-refractivity contribution in [2.24, 2.45) is 0 Å².